The van der Waals surface area contributed by atoms with Gasteiger partial charge in [-0.2, -0.15) is 0 Å². The van der Waals surface area contributed by atoms with E-state index in [0.717, 1.165) is 22.8 Å². The van der Waals surface area contributed by atoms with Gasteiger partial charge in [-0.05, 0) is 23.9 Å². The van der Waals surface area contributed by atoms with Gasteiger partial charge in [0.25, 0.3) is 0 Å². The van der Waals surface area contributed by atoms with Crippen LogP contribution >= 0.6 is 11.8 Å². The summed E-state index contributed by atoms with van der Waals surface area (Å²) in [6.45, 7) is 1.53. The number of nitrogens with one attached hydrogen (secondary N) is 1. The average Bonchev–Trinajstić information content (AvgIpc) is 2.44. The average molecular weight is 192 g/mol. The number of hydrogen-bond donors (Lipinski definition) is 1. The van der Waals surface area contributed by atoms with Crippen LogP contribution in [-0.4, -0.2) is 15.1 Å². The summed E-state index contributed by atoms with van der Waals surface area (Å²) >= 11 is 1.12. The van der Waals surface area contributed by atoms with Crippen LogP contribution in [0.1, 0.15) is 6.92 Å². The largest absolute Gasteiger partial charge is 0.333 e. The van der Waals surface area contributed by atoms with Crippen LogP contribution in [-0.2, 0) is 4.79 Å². The molecule has 0 atom stereocenters. The third-order valence-corrected chi connectivity index (χ3v) is 2.28. The van der Waals surface area contributed by atoms with Crippen LogP contribution < -0.4 is 0 Å². The molecule has 4 heteroatoms. The molecule has 0 aliphatic heterocycles. The van der Waals surface area contributed by atoms with E-state index in [1.54, 1.807) is 0 Å². The molecule has 1 aromatic carbocycles. The molecular weight excluding hydrogens is 184 g/mol. The number of fused-ring (bicyclic) bond motifs is 1. The molecule has 0 fully saturated rings. The van der Waals surface area contributed by atoms with Crippen molar-refractivity contribution in [2.24, 2.45) is 0 Å². The Balaban J connectivity index is 2.44. The zero-order chi connectivity index (χ0) is 9.26. The molecule has 3 nitrogen and oxygen atoms in total. The van der Waals surface area contributed by atoms with E-state index < -0.39 is 0 Å². The number of carbonyl (C=O) groups excluding carboxylic acids is 1. The summed E-state index contributed by atoms with van der Waals surface area (Å²) in [5.41, 5.74) is 1.86. The molecule has 0 aliphatic carbocycles. The normalized spacial score (nSPS) is 10.5. The predicted octanol–water partition coefficient (Wildman–Crippen LogP) is 2.20. The van der Waals surface area contributed by atoms with Crippen molar-refractivity contribution in [1.82, 2.24) is 9.97 Å². The van der Waals surface area contributed by atoms with Gasteiger partial charge in [0.05, 0.1) is 11.0 Å². The van der Waals surface area contributed by atoms with E-state index in [0.29, 0.717) is 5.16 Å². The minimum atomic E-state index is 0.0408. The number of para-hydroxylation sites is 2. The van der Waals surface area contributed by atoms with E-state index in [4.69, 9.17) is 0 Å². The number of nitrogens with zero attached hydrogens (tertiary/aromatic N) is 1. The molecule has 13 heavy (non-hydrogen) atoms. The highest BCUT2D eigenvalue weighted by molar-refractivity contribution is 8.13. The Hall–Kier alpha value is -1.29. The van der Waals surface area contributed by atoms with Crippen molar-refractivity contribution in [3.8, 4) is 0 Å². The molecule has 0 bridgehead atoms. The monoisotopic (exact) mass is 192 g/mol. The van der Waals surface area contributed by atoms with Gasteiger partial charge in [-0.25, -0.2) is 4.98 Å². The van der Waals surface area contributed by atoms with Gasteiger partial charge < -0.3 is 4.98 Å². The number of rotatable bonds is 1. The van der Waals surface area contributed by atoms with Gasteiger partial charge in [-0.3, -0.25) is 4.79 Å². The van der Waals surface area contributed by atoms with Gasteiger partial charge in [0.2, 0.25) is 0 Å². The zero-order valence-electron chi connectivity index (χ0n) is 7.07. The SMILES string of the molecule is CC(=O)Sc1nc2ccccc2[nH]1. The summed E-state index contributed by atoms with van der Waals surface area (Å²) in [7, 11) is 0. The van der Waals surface area contributed by atoms with E-state index >= 15 is 0 Å². The summed E-state index contributed by atoms with van der Waals surface area (Å²) < 4.78 is 0. The van der Waals surface area contributed by atoms with Crippen LogP contribution in [0.25, 0.3) is 11.0 Å². The molecule has 1 heterocycles. The molecular formula is C9H8N2OS. The predicted molar refractivity (Wildman–Crippen MR) is 52.6 cm³/mol. The lowest BCUT2D eigenvalue weighted by atomic mass is 10.3. The third-order valence-electron chi connectivity index (χ3n) is 1.61. The van der Waals surface area contributed by atoms with E-state index in [2.05, 4.69) is 9.97 Å². The van der Waals surface area contributed by atoms with E-state index in [9.17, 15) is 4.79 Å². The van der Waals surface area contributed by atoms with Crippen LogP contribution in [0.5, 0.6) is 0 Å². The van der Waals surface area contributed by atoms with Crippen molar-refractivity contribution in [3.05, 3.63) is 24.3 Å². The minimum Gasteiger partial charge on any atom is -0.333 e. The number of benzene rings is 1. The smallest absolute Gasteiger partial charge is 0.193 e. The minimum absolute atomic E-state index is 0.0408. The zero-order valence-corrected chi connectivity index (χ0v) is 7.89. The maximum Gasteiger partial charge on any atom is 0.193 e. The maximum atomic E-state index is 10.8. The first-order valence-electron chi connectivity index (χ1n) is 3.89. The first-order chi connectivity index (χ1) is 6.25. The molecule has 0 spiro atoms. The number of thioether (sulfide) groups is 1. The number of imidazole rings is 1. The second kappa shape index (κ2) is 3.22. The summed E-state index contributed by atoms with van der Waals surface area (Å²) in [5.74, 6) is 0. The Kier molecular flexibility index (Phi) is 2.06. The highest BCUT2D eigenvalue weighted by Crippen LogP contribution is 2.19. The Morgan fingerprint density at radius 2 is 2.23 bits per heavy atom. The Labute approximate surface area is 79.6 Å². The third kappa shape index (κ3) is 1.72. The van der Waals surface area contributed by atoms with Gasteiger partial charge in [-0.15, -0.1) is 0 Å². The summed E-state index contributed by atoms with van der Waals surface area (Å²) in [5, 5.41) is 0.702. The van der Waals surface area contributed by atoms with Crippen molar-refractivity contribution in [3.63, 3.8) is 0 Å². The fourth-order valence-corrected chi connectivity index (χ4v) is 1.69. The highest BCUT2D eigenvalue weighted by atomic mass is 32.2. The van der Waals surface area contributed by atoms with Crippen molar-refractivity contribution < 1.29 is 4.79 Å². The molecule has 0 amide bonds. The van der Waals surface area contributed by atoms with E-state index in [1.165, 1.54) is 6.92 Å². The lowest BCUT2D eigenvalue weighted by Crippen LogP contribution is -1.81. The lowest BCUT2D eigenvalue weighted by Gasteiger charge is -1.86. The molecule has 0 saturated heterocycles. The second-order valence-electron chi connectivity index (χ2n) is 2.65. The maximum absolute atomic E-state index is 10.8. The van der Waals surface area contributed by atoms with Crippen molar-refractivity contribution in [2.75, 3.05) is 0 Å². The fourth-order valence-electron chi connectivity index (χ4n) is 1.11. The summed E-state index contributed by atoms with van der Waals surface area (Å²) in [6, 6.07) is 7.71. The van der Waals surface area contributed by atoms with Gasteiger partial charge in [0.1, 0.15) is 0 Å². The van der Waals surface area contributed by atoms with Crippen molar-refractivity contribution in [2.45, 2.75) is 12.1 Å². The number of aromatic amines is 1. The lowest BCUT2D eigenvalue weighted by molar-refractivity contribution is -0.109. The van der Waals surface area contributed by atoms with Crippen LogP contribution in [0.4, 0.5) is 0 Å². The quantitative estimate of drug-likeness (QED) is 0.704. The molecule has 66 valence electrons. The molecule has 0 saturated carbocycles. The summed E-state index contributed by atoms with van der Waals surface area (Å²) in [6.07, 6.45) is 0. The Morgan fingerprint density at radius 1 is 1.46 bits per heavy atom. The van der Waals surface area contributed by atoms with Crippen LogP contribution in [0, 0.1) is 0 Å². The van der Waals surface area contributed by atoms with Crippen LogP contribution in [0.3, 0.4) is 0 Å². The van der Waals surface area contributed by atoms with E-state index in [1.807, 2.05) is 24.3 Å². The fraction of sp³-hybridized carbons (Fsp3) is 0.111. The number of H-pyrrole nitrogens is 1. The topological polar surface area (TPSA) is 45.8 Å². The van der Waals surface area contributed by atoms with Gasteiger partial charge in [0, 0.05) is 6.92 Å². The van der Waals surface area contributed by atoms with Crippen LogP contribution in [0.15, 0.2) is 29.4 Å². The molecule has 0 radical (unpaired) electrons. The van der Waals surface area contributed by atoms with E-state index in [-0.39, 0.29) is 5.12 Å². The van der Waals surface area contributed by atoms with Crippen molar-refractivity contribution >= 4 is 27.9 Å². The molecule has 2 rings (SSSR count). The highest BCUT2D eigenvalue weighted by Gasteiger charge is 2.04. The number of carbonyl (C=O) groups is 1. The van der Waals surface area contributed by atoms with Gasteiger partial charge in [0.15, 0.2) is 10.3 Å². The standard InChI is InChI=1S/C9H8N2OS/c1-6(12)13-9-10-7-4-2-3-5-8(7)11-9/h2-5H,1H3,(H,10,11). The molecule has 0 aliphatic rings. The summed E-state index contributed by atoms with van der Waals surface area (Å²) in [4.78, 5) is 18.1. The molecule has 2 aromatic rings. The second-order valence-corrected chi connectivity index (χ2v) is 3.82. The van der Waals surface area contributed by atoms with Crippen LogP contribution in [0.2, 0.25) is 0 Å². The molecule has 1 N–H and O–H groups in total. The van der Waals surface area contributed by atoms with Crippen molar-refractivity contribution in [1.29, 1.82) is 0 Å². The Morgan fingerprint density at radius 3 is 2.92 bits per heavy atom. The number of hydrogen-bond acceptors (Lipinski definition) is 3. The van der Waals surface area contributed by atoms with Gasteiger partial charge >= 0.3 is 0 Å². The Bertz CT molecular complexity index is 417. The molecule has 1 aromatic heterocycles. The first kappa shape index (κ1) is 8.31. The first-order valence-corrected chi connectivity index (χ1v) is 4.70. The van der Waals surface area contributed by atoms with Gasteiger partial charge in [-0.1, -0.05) is 12.1 Å². The number of aromatic nitrogens is 2. The molecule has 0 unspecified atom stereocenters.